The van der Waals surface area contributed by atoms with Crippen molar-refractivity contribution in [1.82, 2.24) is 14.8 Å². The van der Waals surface area contributed by atoms with E-state index in [1.807, 2.05) is 74.0 Å². The lowest BCUT2D eigenvalue weighted by molar-refractivity contribution is -0.113. The third-order valence-electron chi connectivity index (χ3n) is 7.34. The number of aromatic nitrogens is 3. The summed E-state index contributed by atoms with van der Waals surface area (Å²) in [5, 5.41) is 12.0. The van der Waals surface area contributed by atoms with E-state index in [1.165, 1.54) is 5.56 Å². The highest BCUT2D eigenvalue weighted by molar-refractivity contribution is 7.99. The second-order valence-corrected chi connectivity index (χ2v) is 11.5. The Balaban J connectivity index is 1.45. The van der Waals surface area contributed by atoms with Gasteiger partial charge in [-0.15, -0.1) is 5.10 Å². The Bertz CT molecular complexity index is 1570. The van der Waals surface area contributed by atoms with Crippen LogP contribution in [0.2, 0.25) is 0 Å². The Morgan fingerprint density at radius 1 is 1.05 bits per heavy atom. The summed E-state index contributed by atoms with van der Waals surface area (Å²) < 4.78 is 7.91. The summed E-state index contributed by atoms with van der Waals surface area (Å²) in [6, 6.07) is 21.7. The molecule has 2 heterocycles. The van der Waals surface area contributed by atoms with Crippen LogP contribution in [0.25, 0.3) is 0 Å². The summed E-state index contributed by atoms with van der Waals surface area (Å²) in [4.78, 5) is 18.7. The number of carbonyl (C=O) groups is 1. The zero-order valence-corrected chi connectivity index (χ0v) is 25.1. The average Bonchev–Trinajstić information content (AvgIpc) is 3.36. The van der Waals surface area contributed by atoms with E-state index < -0.39 is 6.04 Å². The second kappa shape index (κ2) is 12.6. The number of nitrogens with one attached hydrogen (secondary N) is 2. The molecule has 41 heavy (non-hydrogen) atoms. The molecule has 1 aliphatic heterocycles. The van der Waals surface area contributed by atoms with Gasteiger partial charge in [0.15, 0.2) is 0 Å². The number of unbranched alkanes of at least 4 members (excludes halogenated alkanes) is 1. The van der Waals surface area contributed by atoms with Gasteiger partial charge in [-0.1, -0.05) is 79.2 Å². The van der Waals surface area contributed by atoms with E-state index in [2.05, 4.69) is 42.7 Å². The van der Waals surface area contributed by atoms with Gasteiger partial charge in [-0.3, -0.25) is 4.79 Å². The molecular formula is C33H37N5O2S. The van der Waals surface area contributed by atoms with Crippen LogP contribution in [0.5, 0.6) is 5.75 Å². The molecule has 0 fully saturated rings. The van der Waals surface area contributed by atoms with Crippen LogP contribution in [0.4, 0.5) is 11.6 Å². The van der Waals surface area contributed by atoms with Gasteiger partial charge in [-0.2, -0.15) is 4.98 Å². The lowest BCUT2D eigenvalue weighted by Gasteiger charge is -2.29. The van der Waals surface area contributed by atoms with E-state index in [0.717, 1.165) is 58.0 Å². The van der Waals surface area contributed by atoms with E-state index >= 15 is 0 Å². The van der Waals surface area contributed by atoms with Crippen LogP contribution in [0.15, 0.2) is 83.2 Å². The van der Waals surface area contributed by atoms with Crippen molar-refractivity contribution in [1.29, 1.82) is 0 Å². The number of anilines is 2. The molecule has 3 aromatic carbocycles. The number of thioether (sulfide) groups is 1. The molecule has 1 aliphatic rings. The molecule has 0 saturated heterocycles. The maximum atomic E-state index is 13.9. The zero-order chi connectivity index (χ0) is 28.9. The molecule has 4 aromatic rings. The van der Waals surface area contributed by atoms with E-state index in [4.69, 9.17) is 14.8 Å². The number of carbonyl (C=O) groups excluding carboxylic acids is 1. The number of amides is 1. The van der Waals surface area contributed by atoms with Gasteiger partial charge in [0.1, 0.15) is 18.4 Å². The minimum Gasteiger partial charge on any atom is -0.489 e. The molecule has 0 saturated carbocycles. The Labute approximate surface area is 246 Å². The number of fused-ring (bicyclic) bond motifs is 1. The van der Waals surface area contributed by atoms with Crippen LogP contribution in [0.1, 0.15) is 60.5 Å². The Morgan fingerprint density at radius 2 is 1.83 bits per heavy atom. The van der Waals surface area contributed by atoms with E-state index in [-0.39, 0.29) is 5.91 Å². The van der Waals surface area contributed by atoms with Crippen molar-refractivity contribution in [2.75, 3.05) is 16.4 Å². The highest BCUT2D eigenvalue weighted by atomic mass is 32.2. The Hall–Kier alpha value is -4.04. The standard InChI is InChI=1S/C33H37N5O2S/c1-6-7-18-41-33-36-32-34-24(5)29(31(39)35-28-13-9-11-22(3)23(28)4)30(38(32)37-33)26-14-16-27(17-15-26)40-20-25-12-8-10-21(2)19-25/h8-17,19,30H,6-7,18,20H2,1-5H3,(H,35,39)(H,34,36,37). The summed E-state index contributed by atoms with van der Waals surface area (Å²) in [6.07, 6.45) is 2.21. The number of aryl methyl sites for hydroxylation is 2. The Kier molecular flexibility index (Phi) is 8.78. The molecule has 1 aromatic heterocycles. The predicted molar refractivity (Wildman–Crippen MR) is 167 cm³/mol. The normalized spacial score (nSPS) is 14.4. The number of ether oxygens (including phenoxy) is 1. The molecule has 2 N–H and O–H groups in total. The summed E-state index contributed by atoms with van der Waals surface area (Å²) in [5.74, 6) is 2.18. The molecule has 0 aliphatic carbocycles. The van der Waals surface area contributed by atoms with Gasteiger partial charge in [-0.25, -0.2) is 4.68 Å². The van der Waals surface area contributed by atoms with Crippen molar-refractivity contribution in [3.8, 4) is 5.75 Å². The first-order chi connectivity index (χ1) is 19.8. The molecular weight excluding hydrogens is 530 g/mol. The van der Waals surface area contributed by atoms with Gasteiger partial charge in [0, 0.05) is 17.1 Å². The predicted octanol–water partition coefficient (Wildman–Crippen LogP) is 7.60. The fourth-order valence-corrected chi connectivity index (χ4v) is 5.81. The molecule has 0 bridgehead atoms. The van der Waals surface area contributed by atoms with Crippen molar-refractivity contribution >= 4 is 29.3 Å². The van der Waals surface area contributed by atoms with Crippen molar-refractivity contribution in [2.45, 2.75) is 65.3 Å². The van der Waals surface area contributed by atoms with Gasteiger partial charge in [0.2, 0.25) is 11.1 Å². The third-order valence-corrected chi connectivity index (χ3v) is 8.27. The lowest BCUT2D eigenvalue weighted by Crippen LogP contribution is -2.31. The first kappa shape index (κ1) is 28.5. The topological polar surface area (TPSA) is 81.1 Å². The van der Waals surface area contributed by atoms with Gasteiger partial charge >= 0.3 is 0 Å². The minimum absolute atomic E-state index is 0.171. The number of hydrogen-bond donors (Lipinski definition) is 2. The number of allylic oxidation sites excluding steroid dienone is 1. The summed E-state index contributed by atoms with van der Waals surface area (Å²) >= 11 is 1.64. The molecule has 0 spiro atoms. The van der Waals surface area contributed by atoms with Crippen LogP contribution in [0.3, 0.4) is 0 Å². The number of nitrogens with zero attached hydrogens (tertiary/aromatic N) is 3. The monoisotopic (exact) mass is 567 g/mol. The molecule has 0 radical (unpaired) electrons. The third kappa shape index (κ3) is 6.49. The average molecular weight is 568 g/mol. The fraction of sp³-hybridized carbons (Fsp3) is 0.303. The second-order valence-electron chi connectivity index (χ2n) is 10.5. The number of rotatable bonds is 10. The van der Waals surface area contributed by atoms with Crippen molar-refractivity contribution < 1.29 is 9.53 Å². The molecule has 1 unspecified atom stereocenters. The first-order valence-electron chi connectivity index (χ1n) is 14.1. The molecule has 1 amide bonds. The van der Waals surface area contributed by atoms with Crippen molar-refractivity contribution in [2.24, 2.45) is 0 Å². The summed E-state index contributed by atoms with van der Waals surface area (Å²) in [5.41, 5.74) is 7.58. The molecule has 212 valence electrons. The smallest absolute Gasteiger partial charge is 0.255 e. The first-order valence-corrected chi connectivity index (χ1v) is 15.1. The van der Waals surface area contributed by atoms with Crippen LogP contribution in [0, 0.1) is 20.8 Å². The maximum absolute atomic E-state index is 13.9. The van der Waals surface area contributed by atoms with E-state index in [9.17, 15) is 4.79 Å². The number of benzene rings is 3. The quantitative estimate of drug-likeness (QED) is 0.152. The zero-order valence-electron chi connectivity index (χ0n) is 24.3. The molecule has 8 heteroatoms. The van der Waals surface area contributed by atoms with E-state index in [0.29, 0.717) is 23.3 Å². The lowest BCUT2D eigenvalue weighted by atomic mass is 9.94. The van der Waals surface area contributed by atoms with Crippen molar-refractivity contribution in [3.05, 3.63) is 106 Å². The van der Waals surface area contributed by atoms with Gasteiger partial charge in [0.25, 0.3) is 5.91 Å². The highest BCUT2D eigenvalue weighted by Gasteiger charge is 2.34. The van der Waals surface area contributed by atoms with Crippen LogP contribution < -0.4 is 15.4 Å². The largest absolute Gasteiger partial charge is 0.489 e. The minimum atomic E-state index is -0.449. The van der Waals surface area contributed by atoms with Gasteiger partial charge in [0.05, 0.1) is 5.57 Å². The Morgan fingerprint density at radius 3 is 2.59 bits per heavy atom. The summed E-state index contributed by atoms with van der Waals surface area (Å²) in [7, 11) is 0. The summed E-state index contributed by atoms with van der Waals surface area (Å²) in [6.45, 7) is 10.7. The van der Waals surface area contributed by atoms with Crippen molar-refractivity contribution in [3.63, 3.8) is 0 Å². The van der Waals surface area contributed by atoms with Gasteiger partial charge in [-0.05, 0) is 74.6 Å². The van der Waals surface area contributed by atoms with Crippen LogP contribution in [-0.2, 0) is 11.4 Å². The fourth-order valence-electron chi connectivity index (χ4n) is 4.89. The molecule has 7 nitrogen and oxygen atoms in total. The molecule has 1 atom stereocenters. The van der Waals surface area contributed by atoms with E-state index in [1.54, 1.807) is 11.8 Å². The van der Waals surface area contributed by atoms with Crippen LogP contribution in [-0.4, -0.2) is 26.4 Å². The number of hydrogen-bond acceptors (Lipinski definition) is 6. The maximum Gasteiger partial charge on any atom is 0.255 e. The SMILES string of the molecule is CCCCSc1nc2n(n1)C(c1ccc(OCc3cccc(C)c3)cc1)C(C(=O)Nc1cccc(C)c1C)=C(C)N2. The van der Waals surface area contributed by atoms with Crippen LogP contribution >= 0.6 is 11.8 Å². The highest BCUT2D eigenvalue weighted by Crippen LogP contribution is 2.37. The van der Waals surface area contributed by atoms with Gasteiger partial charge < -0.3 is 15.4 Å². The molecule has 5 rings (SSSR count).